The molecule has 2 aliphatic rings. The van der Waals surface area contributed by atoms with E-state index in [-0.39, 0.29) is 35.6 Å². The Hall–Kier alpha value is -3.45. The van der Waals surface area contributed by atoms with Crippen molar-refractivity contribution in [3.8, 4) is 11.6 Å². The van der Waals surface area contributed by atoms with E-state index < -0.39 is 30.6 Å². The number of pyridine rings is 1. The number of benzene rings is 1. The van der Waals surface area contributed by atoms with Crippen LogP contribution in [0.15, 0.2) is 35.3 Å². The standard InChI is InChI=1S/C28H33BF3N3O6/c1-17-22(29-40-26(2,3)27(4,5)41-29)16-21(24(37)33-6)25(34-17)38-19-11-13-35(14-12-19)23(36)15-18-7-9-20(10-8-18)39-28(30,31)32/h7-10,16,19H,6,11-15H2,1-5H3. The van der Waals surface area contributed by atoms with Crippen molar-refractivity contribution < 1.29 is 41.5 Å². The van der Waals surface area contributed by atoms with Crippen LogP contribution in [0.2, 0.25) is 0 Å². The molecule has 9 nitrogen and oxygen atoms in total. The second kappa shape index (κ2) is 11.4. The molecule has 0 N–H and O–H groups in total. The SMILES string of the molecule is C=NC(=O)c1cc(B2OC(C)(C)C(C)(C)O2)c(C)nc1OC1CCN(C(=O)Cc2ccc(OC(F)(F)F)cc2)CC1. The first-order valence-electron chi connectivity index (χ1n) is 13.3. The van der Waals surface area contributed by atoms with E-state index in [1.165, 1.54) is 24.3 Å². The third-order valence-electron chi connectivity index (χ3n) is 7.68. The van der Waals surface area contributed by atoms with Crippen LogP contribution >= 0.6 is 0 Å². The second-order valence-electron chi connectivity index (χ2n) is 11.1. The van der Waals surface area contributed by atoms with Gasteiger partial charge in [0.25, 0.3) is 5.91 Å². The van der Waals surface area contributed by atoms with Gasteiger partial charge in [0.05, 0.1) is 17.6 Å². The molecule has 2 amide bonds. The number of rotatable bonds is 7. The molecule has 13 heteroatoms. The third-order valence-corrected chi connectivity index (χ3v) is 7.68. The van der Waals surface area contributed by atoms with Gasteiger partial charge in [-0.15, -0.1) is 13.2 Å². The smallest absolute Gasteiger partial charge is 0.474 e. The van der Waals surface area contributed by atoms with Crippen LogP contribution in [0.25, 0.3) is 0 Å². The number of carbonyl (C=O) groups excluding carboxylic acids is 2. The van der Waals surface area contributed by atoms with Crippen LogP contribution in [0, 0.1) is 6.92 Å². The van der Waals surface area contributed by atoms with Crippen LogP contribution < -0.4 is 14.9 Å². The molecule has 2 aromatic rings. The predicted octanol–water partition coefficient (Wildman–Crippen LogP) is 4.04. The van der Waals surface area contributed by atoms with E-state index in [1.54, 1.807) is 17.9 Å². The molecule has 41 heavy (non-hydrogen) atoms. The quantitative estimate of drug-likeness (QED) is 0.363. The van der Waals surface area contributed by atoms with Crippen LogP contribution in [-0.2, 0) is 20.5 Å². The maximum absolute atomic E-state index is 12.8. The molecule has 3 heterocycles. The minimum absolute atomic E-state index is 0.0443. The zero-order valence-electron chi connectivity index (χ0n) is 23.7. The third kappa shape index (κ3) is 7.07. The highest BCUT2D eigenvalue weighted by Crippen LogP contribution is 2.37. The van der Waals surface area contributed by atoms with Gasteiger partial charge in [-0.25, -0.2) is 9.98 Å². The summed E-state index contributed by atoms with van der Waals surface area (Å²) in [5.74, 6) is -0.958. The van der Waals surface area contributed by atoms with Crippen LogP contribution in [0.4, 0.5) is 13.2 Å². The number of nitrogens with zero attached hydrogens (tertiary/aromatic N) is 3. The molecule has 0 unspecified atom stereocenters. The number of aryl methyl sites for hydroxylation is 1. The first-order chi connectivity index (χ1) is 19.1. The van der Waals surface area contributed by atoms with Crippen molar-refractivity contribution in [3.05, 3.63) is 47.2 Å². The number of amides is 2. The number of hydrogen-bond donors (Lipinski definition) is 0. The minimum Gasteiger partial charge on any atom is -0.474 e. The van der Waals surface area contributed by atoms with Gasteiger partial charge in [-0.3, -0.25) is 9.59 Å². The van der Waals surface area contributed by atoms with Crippen molar-refractivity contribution in [2.24, 2.45) is 4.99 Å². The topological polar surface area (TPSA) is 99.5 Å². The highest BCUT2D eigenvalue weighted by Gasteiger charge is 2.52. The Kier molecular flexibility index (Phi) is 8.51. The fourth-order valence-corrected chi connectivity index (χ4v) is 4.61. The number of hydrogen-bond acceptors (Lipinski definition) is 7. The fraction of sp³-hybridized carbons (Fsp3) is 0.500. The van der Waals surface area contributed by atoms with Crippen molar-refractivity contribution in [2.75, 3.05) is 13.1 Å². The number of piperidine rings is 1. The van der Waals surface area contributed by atoms with Crippen LogP contribution in [-0.4, -0.2) is 72.3 Å². The molecule has 0 aliphatic carbocycles. The molecule has 1 aromatic heterocycles. The monoisotopic (exact) mass is 575 g/mol. The summed E-state index contributed by atoms with van der Waals surface area (Å²) in [5, 5.41) is 0. The van der Waals surface area contributed by atoms with Crippen LogP contribution in [0.3, 0.4) is 0 Å². The summed E-state index contributed by atoms with van der Waals surface area (Å²) in [4.78, 5) is 35.3. The van der Waals surface area contributed by atoms with Crippen molar-refractivity contribution >= 4 is 31.1 Å². The predicted molar refractivity (Wildman–Crippen MR) is 146 cm³/mol. The zero-order valence-corrected chi connectivity index (χ0v) is 23.7. The number of aliphatic imine (C=N–C) groups is 1. The fourth-order valence-electron chi connectivity index (χ4n) is 4.61. The van der Waals surface area contributed by atoms with Crippen molar-refractivity contribution in [3.63, 3.8) is 0 Å². The molecular formula is C28H33BF3N3O6. The molecule has 2 fully saturated rings. The molecule has 2 aliphatic heterocycles. The van der Waals surface area contributed by atoms with E-state index in [0.29, 0.717) is 42.7 Å². The molecule has 0 bridgehead atoms. The number of carbonyl (C=O) groups is 2. The van der Waals surface area contributed by atoms with Gasteiger partial charge in [0.1, 0.15) is 17.4 Å². The Balaban J connectivity index is 1.39. The largest absolute Gasteiger partial charge is 0.573 e. The molecule has 4 rings (SSSR count). The van der Waals surface area contributed by atoms with Gasteiger partial charge in [-0.1, -0.05) is 12.1 Å². The number of halogens is 3. The molecule has 0 spiro atoms. The molecule has 0 saturated carbocycles. The summed E-state index contributed by atoms with van der Waals surface area (Å²) < 4.78 is 59.4. The summed E-state index contributed by atoms with van der Waals surface area (Å²) in [5.41, 5.74) is 0.754. The lowest BCUT2D eigenvalue weighted by atomic mass is 9.77. The number of alkyl halides is 3. The average molecular weight is 575 g/mol. The van der Waals surface area contributed by atoms with E-state index in [9.17, 15) is 22.8 Å². The molecule has 0 radical (unpaired) electrons. The second-order valence-corrected chi connectivity index (χ2v) is 11.1. The molecule has 1 aromatic carbocycles. The summed E-state index contributed by atoms with van der Waals surface area (Å²) in [6.45, 7) is 13.7. The van der Waals surface area contributed by atoms with E-state index in [2.05, 4.69) is 21.4 Å². The van der Waals surface area contributed by atoms with Gasteiger partial charge in [-0.05, 0) is 65.1 Å². The number of aromatic nitrogens is 1. The summed E-state index contributed by atoms with van der Waals surface area (Å²) in [6.07, 6.45) is -4.03. The average Bonchev–Trinajstić information content (AvgIpc) is 3.10. The van der Waals surface area contributed by atoms with E-state index in [1.807, 2.05) is 27.7 Å². The maximum Gasteiger partial charge on any atom is 0.573 e. The number of ether oxygens (including phenoxy) is 2. The lowest BCUT2D eigenvalue weighted by molar-refractivity contribution is -0.274. The van der Waals surface area contributed by atoms with Gasteiger partial charge in [0.15, 0.2) is 0 Å². The van der Waals surface area contributed by atoms with Crippen molar-refractivity contribution in [1.29, 1.82) is 0 Å². The van der Waals surface area contributed by atoms with Crippen LogP contribution in [0.1, 0.15) is 62.2 Å². The van der Waals surface area contributed by atoms with E-state index in [0.717, 1.165) is 0 Å². The van der Waals surface area contributed by atoms with E-state index >= 15 is 0 Å². The minimum atomic E-state index is -4.77. The Labute approximate surface area is 237 Å². The summed E-state index contributed by atoms with van der Waals surface area (Å²) >= 11 is 0. The van der Waals surface area contributed by atoms with Crippen LogP contribution in [0.5, 0.6) is 11.6 Å². The number of likely N-dealkylation sites (tertiary alicyclic amines) is 1. The summed E-state index contributed by atoms with van der Waals surface area (Å²) in [7, 11) is -0.722. The van der Waals surface area contributed by atoms with Gasteiger partial charge in [0, 0.05) is 37.1 Å². The first kappa shape index (κ1) is 30.5. The normalized spacial score (nSPS) is 18.7. The van der Waals surface area contributed by atoms with Gasteiger partial charge in [0.2, 0.25) is 11.8 Å². The van der Waals surface area contributed by atoms with E-state index in [4.69, 9.17) is 14.0 Å². The first-order valence-corrected chi connectivity index (χ1v) is 13.3. The highest BCUT2D eigenvalue weighted by molar-refractivity contribution is 6.62. The zero-order chi connectivity index (χ0) is 30.2. The lowest BCUT2D eigenvalue weighted by Crippen LogP contribution is -2.43. The van der Waals surface area contributed by atoms with Crippen molar-refractivity contribution in [1.82, 2.24) is 9.88 Å². The summed E-state index contributed by atoms with van der Waals surface area (Å²) in [6, 6.07) is 6.85. The Morgan fingerprint density at radius 1 is 1.12 bits per heavy atom. The highest BCUT2D eigenvalue weighted by atomic mass is 19.4. The Bertz CT molecular complexity index is 1290. The maximum atomic E-state index is 12.8. The molecular weight excluding hydrogens is 542 g/mol. The van der Waals surface area contributed by atoms with Crippen molar-refractivity contribution in [2.45, 2.75) is 77.5 Å². The van der Waals surface area contributed by atoms with Gasteiger partial charge >= 0.3 is 13.5 Å². The molecule has 220 valence electrons. The Morgan fingerprint density at radius 3 is 2.24 bits per heavy atom. The molecule has 2 saturated heterocycles. The van der Waals surface area contributed by atoms with Gasteiger partial charge in [-0.2, -0.15) is 0 Å². The molecule has 0 atom stereocenters. The lowest BCUT2D eigenvalue weighted by Gasteiger charge is -2.32. The van der Waals surface area contributed by atoms with Gasteiger partial charge < -0.3 is 23.7 Å². The Morgan fingerprint density at radius 2 is 1.71 bits per heavy atom.